The quantitative estimate of drug-likeness (QED) is 0.792. The van der Waals surface area contributed by atoms with E-state index in [1.165, 1.54) is 0 Å². The molecule has 4 rings (SSSR count). The number of morpholine rings is 1. The summed E-state index contributed by atoms with van der Waals surface area (Å²) in [7, 11) is 0. The van der Waals surface area contributed by atoms with Gasteiger partial charge in [0.05, 0.1) is 12.1 Å². The van der Waals surface area contributed by atoms with Crippen LogP contribution in [0.5, 0.6) is 0 Å². The maximum atomic E-state index is 12.3. The molecule has 0 saturated carbocycles. The molecule has 0 spiro atoms. The van der Waals surface area contributed by atoms with E-state index in [9.17, 15) is 9.59 Å². The van der Waals surface area contributed by atoms with Crippen LogP contribution in [0.4, 0.5) is 5.82 Å². The van der Waals surface area contributed by atoms with Crippen LogP contribution in [0.25, 0.3) is 0 Å². The van der Waals surface area contributed by atoms with Crippen molar-refractivity contribution in [1.82, 2.24) is 20.6 Å². The van der Waals surface area contributed by atoms with Crippen LogP contribution >= 0.6 is 0 Å². The van der Waals surface area contributed by atoms with Gasteiger partial charge in [-0.2, -0.15) is 0 Å². The molecular weight excluding hydrogens is 334 g/mol. The van der Waals surface area contributed by atoms with Gasteiger partial charge in [0.15, 0.2) is 0 Å². The van der Waals surface area contributed by atoms with Gasteiger partial charge >= 0.3 is 0 Å². The predicted molar refractivity (Wildman–Crippen MR) is 95.1 cm³/mol. The van der Waals surface area contributed by atoms with E-state index in [1.54, 1.807) is 0 Å². The van der Waals surface area contributed by atoms with Gasteiger partial charge in [0.25, 0.3) is 5.91 Å². The predicted octanol–water partition coefficient (Wildman–Crippen LogP) is 0.0547. The lowest BCUT2D eigenvalue weighted by Gasteiger charge is -2.42. The lowest BCUT2D eigenvalue weighted by Crippen LogP contribution is -2.60. The van der Waals surface area contributed by atoms with Crippen molar-refractivity contribution in [2.24, 2.45) is 5.92 Å². The molecule has 4 heterocycles. The first-order valence-corrected chi connectivity index (χ1v) is 9.35. The Morgan fingerprint density at radius 2 is 2.15 bits per heavy atom. The topological polar surface area (TPSA) is 96.5 Å². The first kappa shape index (κ1) is 17.2. The zero-order valence-electron chi connectivity index (χ0n) is 15.2. The van der Waals surface area contributed by atoms with Gasteiger partial charge in [0.1, 0.15) is 23.9 Å². The van der Waals surface area contributed by atoms with E-state index in [4.69, 9.17) is 9.72 Å². The Morgan fingerprint density at radius 1 is 1.31 bits per heavy atom. The van der Waals surface area contributed by atoms with Crippen molar-refractivity contribution in [1.29, 1.82) is 0 Å². The molecule has 1 aromatic rings. The van der Waals surface area contributed by atoms with E-state index >= 15 is 0 Å². The molecule has 2 amide bonds. The molecule has 2 fully saturated rings. The molecule has 2 atom stereocenters. The summed E-state index contributed by atoms with van der Waals surface area (Å²) in [5, 5.41) is 5.90. The standard InChI is InChI=1S/C18H25N5O3/c1-10(2)7-14-21-16-11(3-5-19-18(16)25)17(22-14)23-6-4-13-12(8-23)20-15(24)9-26-13/h10,12-13H,3-9H2,1-2H3,(H,19,25)(H,20,24)/t12-,13+/m0/s1. The van der Waals surface area contributed by atoms with E-state index in [2.05, 4.69) is 34.4 Å². The minimum Gasteiger partial charge on any atom is -0.366 e. The van der Waals surface area contributed by atoms with Crippen molar-refractivity contribution in [2.75, 3.05) is 31.1 Å². The van der Waals surface area contributed by atoms with Crippen molar-refractivity contribution in [3.63, 3.8) is 0 Å². The number of fused-ring (bicyclic) bond motifs is 2. The van der Waals surface area contributed by atoms with Gasteiger partial charge in [-0.05, 0) is 18.8 Å². The fraction of sp³-hybridized carbons (Fsp3) is 0.667. The maximum absolute atomic E-state index is 12.3. The highest BCUT2D eigenvalue weighted by Crippen LogP contribution is 2.28. The van der Waals surface area contributed by atoms with Gasteiger partial charge < -0.3 is 20.3 Å². The Balaban J connectivity index is 1.67. The molecule has 0 aliphatic carbocycles. The molecule has 3 aliphatic heterocycles. The lowest BCUT2D eigenvalue weighted by molar-refractivity contribution is -0.137. The highest BCUT2D eigenvalue weighted by Gasteiger charge is 2.37. The molecule has 3 aliphatic rings. The molecule has 2 saturated heterocycles. The largest absolute Gasteiger partial charge is 0.366 e. The van der Waals surface area contributed by atoms with E-state index in [0.29, 0.717) is 30.5 Å². The molecule has 1 aromatic heterocycles. The summed E-state index contributed by atoms with van der Waals surface area (Å²) in [6, 6.07) is -0.0402. The average Bonchev–Trinajstić information content (AvgIpc) is 2.61. The third-order valence-corrected chi connectivity index (χ3v) is 5.12. The number of amides is 2. The van der Waals surface area contributed by atoms with Gasteiger partial charge in [0, 0.05) is 31.6 Å². The zero-order valence-corrected chi connectivity index (χ0v) is 15.2. The van der Waals surface area contributed by atoms with Crippen LogP contribution in [0.1, 0.15) is 42.1 Å². The van der Waals surface area contributed by atoms with Crippen LogP contribution < -0.4 is 15.5 Å². The smallest absolute Gasteiger partial charge is 0.270 e. The number of piperidine rings is 1. The van der Waals surface area contributed by atoms with Crippen LogP contribution in [0.2, 0.25) is 0 Å². The summed E-state index contributed by atoms with van der Waals surface area (Å²) in [6.07, 6.45) is 2.34. The van der Waals surface area contributed by atoms with Crippen LogP contribution in [-0.2, 0) is 22.4 Å². The summed E-state index contributed by atoms with van der Waals surface area (Å²) in [6.45, 7) is 6.41. The molecule has 0 aromatic carbocycles. The second-order valence-electron chi connectivity index (χ2n) is 7.65. The zero-order chi connectivity index (χ0) is 18.3. The summed E-state index contributed by atoms with van der Waals surface area (Å²) in [5.74, 6) is 1.77. The second-order valence-corrected chi connectivity index (χ2v) is 7.65. The maximum Gasteiger partial charge on any atom is 0.270 e. The number of nitrogens with one attached hydrogen (secondary N) is 2. The number of rotatable bonds is 3. The van der Waals surface area contributed by atoms with E-state index < -0.39 is 0 Å². The van der Waals surface area contributed by atoms with Crippen molar-refractivity contribution in [3.8, 4) is 0 Å². The number of anilines is 1. The number of aromatic nitrogens is 2. The SMILES string of the molecule is CC(C)Cc1nc2c(c(N3CC[C@H]4OCC(=O)N[C@H]4C3)n1)CCNC2=O. The Kier molecular flexibility index (Phi) is 4.52. The summed E-state index contributed by atoms with van der Waals surface area (Å²) < 4.78 is 5.65. The number of hydrogen-bond donors (Lipinski definition) is 2. The molecule has 0 radical (unpaired) electrons. The normalized spacial score (nSPS) is 25.4. The monoisotopic (exact) mass is 359 g/mol. The Morgan fingerprint density at radius 3 is 2.96 bits per heavy atom. The first-order chi connectivity index (χ1) is 12.5. The van der Waals surface area contributed by atoms with Crippen molar-refractivity contribution < 1.29 is 14.3 Å². The van der Waals surface area contributed by atoms with Gasteiger partial charge in [0.2, 0.25) is 5.91 Å². The van der Waals surface area contributed by atoms with Crippen LogP contribution in [-0.4, -0.2) is 60.2 Å². The van der Waals surface area contributed by atoms with E-state index in [0.717, 1.165) is 37.2 Å². The van der Waals surface area contributed by atoms with Crippen molar-refractivity contribution >= 4 is 17.6 Å². The molecule has 0 unspecified atom stereocenters. The number of carbonyl (C=O) groups excluding carboxylic acids is 2. The van der Waals surface area contributed by atoms with Gasteiger partial charge in [-0.1, -0.05) is 13.8 Å². The summed E-state index contributed by atoms with van der Waals surface area (Å²) in [5.41, 5.74) is 1.42. The lowest BCUT2D eigenvalue weighted by atomic mass is 9.98. The molecule has 8 nitrogen and oxygen atoms in total. The molecule has 0 bridgehead atoms. The molecule has 26 heavy (non-hydrogen) atoms. The minimum atomic E-state index is -0.121. The van der Waals surface area contributed by atoms with Crippen molar-refractivity contribution in [3.05, 3.63) is 17.1 Å². The number of nitrogens with zero attached hydrogens (tertiary/aromatic N) is 3. The van der Waals surface area contributed by atoms with Crippen molar-refractivity contribution in [2.45, 2.75) is 45.3 Å². The highest BCUT2D eigenvalue weighted by molar-refractivity contribution is 5.96. The molecule has 8 heteroatoms. The minimum absolute atomic E-state index is 0.0402. The van der Waals surface area contributed by atoms with Gasteiger partial charge in [-0.15, -0.1) is 0 Å². The first-order valence-electron chi connectivity index (χ1n) is 9.35. The van der Waals surface area contributed by atoms with E-state index in [-0.39, 0.29) is 30.6 Å². The Hall–Kier alpha value is -2.22. The van der Waals surface area contributed by atoms with Crippen LogP contribution in [0.15, 0.2) is 0 Å². The van der Waals surface area contributed by atoms with E-state index in [1.807, 2.05) is 0 Å². The number of hydrogen-bond acceptors (Lipinski definition) is 6. The Bertz CT molecular complexity index is 736. The third kappa shape index (κ3) is 3.25. The molecule has 140 valence electrons. The highest BCUT2D eigenvalue weighted by atomic mass is 16.5. The van der Waals surface area contributed by atoms with Crippen LogP contribution in [0, 0.1) is 5.92 Å². The molecule has 2 N–H and O–H groups in total. The summed E-state index contributed by atoms with van der Waals surface area (Å²) in [4.78, 5) is 35.6. The summed E-state index contributed by atoms with van der Waals surface area (Å²) >= 11 is 0. The average molecular weight is 359 g/mol. The molecular formula is C18H25N5O3. The van der Waals surface area contributed by atoms with Crippen LogP contribution in [0.3, 0.4) is 0 Å². The number of carbonyl (C=O) groups is 2. The van der Waals surface area contributed by atoms with Gasteiger partial charge in [-0.3, -0.25) is 9.59 Å². The number of ether oxygens (including phenoxy) is 1. The second kappa shape index (κ2) is 6.83. The third-order valence-electron chi connectivity index (χ3n) is 5.12. The van der Waals surface area contributed by atoms with Gasteiger partial charge in [-0.25, -0.2) is 9.97 Å². The Labute approximate surface area is 152 Å². The fourth-order valence-corrected chi connectivity index (χ4v) is 3.93. The fourth-order valence-electron chi connectivity index (χ4n) is 3.93.